The van der Waals surface area contributed by atoms with Gasteiger partial charge in [0.25, 0.3) is 10.0 Å². The van der Waals surface area contributed by atoms with E-state index in [1.165, 1.54) is 16.1 Å². The van der Waals surface area contributed by atoms with Gasteiger partial charge in [-0.3, -0.25) is 9.10 Å². The van der Waals surface area contributed by atoms with E-state index in [9.17, 15) is 28.2 Å². The van der Waals surface area contributed by atoms with E-state index in [4.69, 9.17) is 5.73 Å². The number of nitrogens with zero attached hydrogens (tertiary/aromatic N) is 2. The molecule has 3 aliphatic rings. The average Bonchev–Trinajstić information content (AvgIpc) is 3.11. The third-order valence-corrected chi connectivity index (χ3v) is 8.81. The highest BCUT2D eigenvalue weighted by Gasteiger charge is 2.60. The first kappa shape index (κ1) is 20.9. The van der Waals surface area contributed by atoms with Crippen molar-refractivity contribution in [1.82, 2.24) is 4.90 Å². The van der Waals surface area contributed by atoms with Crippen molar-refractivity contribution in [3.8, 4) is 0 Å². The van der Waals surface area contributed by atoms with Crippen molar-refractivity contribution in [1.29, 1.82) is 0 Å². The van der Waals surface area contributed by atoms with E-state index in [0.717, 1.165) is 5.39 Å². The van der Waals surface area contributed by atoms with E-state index >= 15 is 0 Å². The van der Waals surface area contributed by atoms with E-state index < -0.39 is 45.9 Å². The van der Waals surface area contributed by atoms with Crippen molar-refractivity contribution in [2.75, 3.05) is 10.8 Å². The second-order valence-electron chi connectivity index (χ2n) is 8.58. The molecule has 1 saturated heterocycles. The number of aliphatic hydroxyl groups excluding tert-OH is 1. The van der Waals surface area contributed by atoms with Crippen LogP contribution in [0.15, 0.2) is 46.5 Å². The molecule has 1 amide bonds. The van der Waals surface area contributed by atoms with Gasteiger partial charge in [-0.2, -0.15) is 0 Å². The Morgan fingerprint density at radius 1 is 1.25 bits per heavy atom. The number of carbonyl (C=O) groups excluding carboxylic acids is 1. The summed E-state index contributed by atoms with van der Waals surface area (Å²) >= 11 is 0. The van der Waals surface area contributed by atoms with Crippen LogP contribution in [-0.4, -0.2) is 54.1 Å². The quantitative estimate of drug-likeness (QED) is 0.569. The summed E-state index contributed by atoms with van der Waals surface area (Å²) in [5.74, 6) is -2.88. The van der Waals surface area contributed by atoms with Gasteiger partial charge in [0.15, 0.2) is 0 Å². The second-order valence-corrected chi connectivity index (χ2v) is 10.4. The first-order chi connectivity index (χ1) is 15.1. The predicted octanol–water partition coefficient (Wildman–Crippen LogP) is 1.00. The molecule has 0 bridgehead atoms. The van der Waals surface area contributed by atoms with Gasteiger partial charge in [-0.15, -0.1) is 0 Å². The van der Waals surface area contributed by atoms with Gasteiger partial charge in [-0.1, -0.05) is 31.2 Å². The average molecular weight is 458 g/mol. The largest absolute Gasteiger partial charge is 0.477 e. The molecule has 9 nitrogen and oxygen atoms in total. The van der Waals surface area contributed by atoms with Crippen molar-refractivity contribution in [2.45, 2.75) is 37.4 Å². The zero-order chi connectivity index (χ0) is 23.1. The molecule has 168 valence electrons. The molecular weight excluding hydrogens is 434 g/mol. The van der Waals surface area contributed by atoms with Gasteiger partial charge in [-0.05, 0) is 29.5 Å². The van der Waals surface area contributed by atoms with Crippen molar-refractivity contribution in [2.24, 2.45) is 17.6 Å². The van der Waals surface area contributed by atoms with E-state index in [0.29, 0.717) is 22.2 Å². The summed E-state index contributed by atoms with van der Waals surface area (Å²) in [5, 5.41) is 21.2. The molecule has 1 fully saturated rings. The number of anilines is 1. The molecule has 2 aromatic rings. The molecule has 0 unspecified atom stereocenters. The number of fused-ring (bicyclic) bond motifs is 1. The lowest BCUT2D eigenvalue weighted by atomic mass is 9.78. The number of sulfonamides is 1. The number of rotatable bonds is 5. The molecule has 32 heavy (non-hydrogen) atoms. The van der Waals surface area contributed by atoms with Gasteiger partial charge in [-0.25, -0.2) is 13.2 Å². The molecule has 0 radical (unpaired) electrons. The Labute approximate surface area is 184 Å². The monoisotopic (exact) mass is 457 g/mol. The van der Waals surface area contributed by atoms with Crippen LogP contribution in [0.2, 0.25) is 0 Å². The highest BCUT2D eigenvalue weighted by molar-refractivity contribution is 7.93. The fourth-order valence-electron chi connectivity index (χ4n) is 5.45. The van der Waals surface area contributed by atoms with Crippen LogP contribution in [-0.2, 0) is 26.2 Å². The maximum absolute atomic E-state index is 13.6. The van der Waals surface area contributed by atoms with Crippen molar-refractivity contribution in [3.05, 3.63) is 47.2 Å². The molecule has 3 aliphatic heterocycles. The zero-order valence-corrected chi connectivity index (χ0v) is 18.3. The standard InChI is InChI=1S/C22H23N3O6S/c1-10-14(19(22(28)29)25-18(10)16(11(2)26)21(25)27)9-24-15-5-3-4-12-6-7-13(8-23)20(17(12)15)32(24,30)31/h3-7,10-11,16,18,26H,8-9,23H2,1-2H3,(H,28,29)/t10-,11+,16+,18+/m0/s1. The van der Waals surface area contributed by atoms with Crippen LogP contribution in [0.4, 0.5) is 5.69 Å². The molecular formula is C22H23N3O6S. The fourth-order valence-corrected chi connectivity index (χ4v) is 7.36. The molecule has 0 aromatic heterocycles. The topological polar surface area (TPSA) is 141 Å². The maximum atomic E-state index is 13.6. The number of carboxylic acids is 1. The fraction of sp³-hybridized carbons (Fsp3) is 0.364. The molecule has 0 saturated carbocycles. The molecule has 10 heteroatoms. The highest BCUT2D eigenvalue weighted by atomic mass is 32.2. The molecule has 4 atom stereocenters. The minimum absolute atomic E-state index is 0.0482. The summed E-state index contributed by atoms with van der Waals surface area (Å²) in [7, 11) is -3.99. The van der Waals surface area contributed by atoms with E-state index in [2.05, 4.69) is 0 Å². The first-order valence-electron chi connectivity index (χ1n) is 10.4. The van der Waals surface area contributed by atoms with Crippen LogP contribution in [0, 0.1) is 11.8 Å². The predicted molar refractivity (Wildman–Crippen MR) is 116 cm³/mol. The Morgan fingerprint density at radius 3 is 2.59 bits per heavy atom. The number of carboxylic acid groups (broad SMARTS) is 1. The van der Waals surface area contributed by atoms with E-state index in [-0.39, 0.29) is 23.7 Å². The van der Waals surface area contributed by atoms with Gasteiger partial charge in [0.1, 0.15) is 10.6 Å². The smallest absolute Gasteiger partial charge is 0.352 e. The van der Waals surface area contributed by atoms with E-state index in [1.807, 2.05) is 12.1 Å². The number of hydrogen-bond acceptors (Lipinski definition) is 6. The van der Waals surface area contributed by atoms with Crippen LogP contribution in [0.3, 0.4) is 0 Å². The Bertz CT molecular complexity index is 1330. The number of nitrogens with two attached hydrogens (primary N) is 1. The molecule has 2 aromatic carbocycles. The van der Waals surface area contributed by atoms with Crippen molar-refractivity contribution >= 4 is 38.4 Å². The summed E-state index contributed by atoms with van der Waals surface area (Å²) < 4.78 is 28.4. The van der Waals surface area contributed by atoms with Gasteiger partial charge >= 0.3 is 5.97 Å². The number of aliphatic carboxylic acids is 1. The molecule has 5 rings (SSSR count). The van der Waals surface area contributed by atoms with E-state index in [1.54, 1.807) is 25.1 Å². The lowest BCUT2D eigenvalue weighted by molar-refractivity contribution is -0.163. The molecule has 4 N–H and O–H groups in total. The zero-order valence-electron chi connectivity index (χ0n) is 17.5. The molecule has 3 heterocycles. The SMILES string of the molecule is C[C@@H](O)[C@H]1C(=O)N2C(C(=O)O)=C(CN3c4cccc5ccc(CN)c(c45)S3(=O)=O)[C@H](C)[C@H]12. The van der Waals surface area contributed by atoms with Crippen molar-refractivity contribution < 1.29 is 28.2 Å². The Morgan fingerprint density at radius 2 is 1.97 bits per heavy atom. The number of β-lactam (4-membered cyclic amide) rings is 1. The highest BCUT2D eigenvalue weighted by Crippen LogP contribution is 2.50. The summed E-state index contributed by atoms with van der Waals surface area (Å²) in [4.78, 5) is 26.1. The third-order valence-electron chi connectivity index (χ3n) is 6.93. The molecule has 0 spiro atoms. The van der Waals surface area contributed by atoms with Gasteiger partial charge in [0.05, 0.1) is 30.3 Å². The molecule has 0 aliphatic carbocycles. The Hall–Kier alpha value is -2.95. The van der Waals surface area contributed by atoms with Gasteiger partial charge in [0.2, 0.25) is 5.91 Å². The minimum Gasteiger partial charge on any atom is -0.477 e. The minimum atomic E-state index is -3.99. The van der Waals surface area contributed by atoms with Crippen LogP contribution in [0.5, 0.6) is 0 Å². The number of benzene rings is 2. The summed E-state index contributed by atoms with van der Waals surface area (Å²) in [6, 6.07) is 8.27. The number of aliphatic hydroxyl groups is 1. The number of carbonyl (C=O) groups is 2. The lowest BCUT2D eigenvalue weighted by Gasteiger charge is -2.46. The summed E-state index contributed by atoms with van der Waals surface area (Å²) in [6.45, 7) is 3.12. The second kappa shape index (κ2) is 6.77. The first-order valence-corrected chi connectivity index (χ1v) is 11.8. The number of hydrogen-bond donors (Lipinski definition) is 3. The summed E-state index contributed by atoms with van der Waals surface area (Å²) in [6.07, 6.45) is -0.929. The summed E-state index contributed by atoms with van der Waals surface area (Å²) in [5.41, 5.74) is 6.93. The Balaban J connectivity index is 1.64. The normalized spacial score (nSPS) is 26.5. The van der Waals surface area contributed by atoms with Crippen LogP contribution < -0.4 is 10.0 Å². The number of amides is 1. The van der Waals surface area contributed by atoms with Crippen LogP contribution in [0.1, 0.15) is 19.4 Å². The Kier molecular flexibility index (Phi) is 4.43. The maximum Gasteiger partial charge on any atom is 0.352 e. The van der Waals surface area contributed by atoms with Crippen LogP contribution in [0.25, 0.3) is 10.8 Å². The third kappa shape index (κ3) is 2.48. The van der Waals surface area contributed by atoms with Gasteiger partial charge in [0, 0.05) is 17.8 Å². The lowest BCUT2D eigenvalue weighted by Crippen LogP contribution is -2.63. The van der Waals surface area contributed by atoms with Crippen molar-refractivity contribution in [3.63, 3.8) is 0 Å². The van der Waals surface area contributed by atoms with Gasteiger partial charge < -0.3 is 20.8 Å². The van der Waals surface area contributed by atoms with Crippen LogP contribution >= 0.6 is 0 Å².